The van der Waals surface area contributed by atoms with Gasteiger partial charge in [-0.25, -0.2) is 0 Å². The number of aliphatic carboxylic acids is 1. The molecule has 4 nitrogen and oxygen atoms in total. The first-order valence-electron chi connectivity index (χ1n) is 6.22. The molecule has 0 aliphatic carbocycles. The lowest BCUT2D eigenvalue weighted by atomic mass is 9.87. The fraction of sp³-hybridized carbons (Fsp3) is 0.267. The van der Waals surface area contributed by atoms with Crippen LogP contribution in [-0.4, -0.2) is 22.1 Å². The zero-order valence-electron chi connectivity index (χ0n) is 10.9. The minimum absolute atomic E-state index is 0.272. The molecule has 0 aliphatic heterocycles. The Kier molecular flexibility index (Phi) is 3.71. The first kappa shape index (κ1) is 13.4. The maximum Gasteiger partial charge on any atom is 0.321 e. The summed E-state index contributed by atoms with van der Waals surface area (Å²) in [6.07, 6.45) is 2.25. The predicted molar refractivity (Wildman–Crippen MR) is 76.2 cm³/mol. The standard InChI is InChI=1S/C15H18N2O2/c1-3-6-11(14(16)15(18)19)13-9(2)17-12-8-5-4-7-10(12)13/h3-5,7-8,11,14,17H,1,6,16H2,2H3,(H,18,19)/t11-,14-/m0/s1. The molecule has 0 unspecified atom stereocenters. The summed E-state index contributed by atoms with van der Waals surface area (Å²) in [7, 11) is 0. The van der Waals surface area contributed by atoms with Crippen LogP contribution in [0.4, 0.5) is 0 Å². The third-order valence-electron chi connectivity index (χ3n) is 3.45. The number of carboxylic acid groups (broad SMARTS) is 1. The molecule has 4 heteroatoms. The van der Waals surface area contributed by atoms with Crippen LogP contribution in [-0.2, 0) is 4.79 Å². The third-order valence-corrected chi connectivity index (χ3v) is 3.45. The van der Waals surface area contributed by atoms with Gasteiger partial charge < -0.3 is 15.8 Å². The van der Waals surface area contributed by atoms with E-state index < -0.39 is 12.0 Å². The van der Waals surface area contributed by atoms with E-state index in [0.717, 1.165) is 22.2 Å². The van der Waals surface area contributed by atoms with Crippen LogP contribution in [0, 0.1) is 6.92 Å². The van der Waals surface area contributed by atoms with Gasteiger partial charge in [0.15, 0.2) is 0 Å². The minimum atomic E-state index is -0.989. The molecule has 19 heavy (non-hydrogen) atoms. The Labute approximate surface area is 111 Å². The Morgan fingerprint density at radius 2 is 2.21 bits per heavy atom. The lowest BCUT2D eigenvalue weighted by Gasteiger charge is -2.20. The molecule has 1 aromatic carbocycles. The summed E-state index contributed by atoms with van der Waals surface area (Å²) in [5, 5.41) is 10.2. The summed E-state index contributed by atoms with van der Waals surface area (Å²) in [4.78, 5) is 14.5. The lowest BCUT2D eigenvalue weighted by Crippen LogP contribution is -2.36. The first-order valence-corrected chi connectivity index (χ1v) is 6.22. The van der Waals surface area contributed by atoms with Gasteiger partial charge in [-0.3, -0.25) is 4.79 Å². The van der Waals surface area contributed by atoms with Crippen LogP contribution >= 0.6 is 0 Å². The molecule has 0 bridgehead atoms. The number of rotatable bonds is 5. The highest BCUT2D eigenvalue weighted by Gasteiger charge is 2.28. The zero-order valence-corrected chi connectivity index (χ0v) is 10.9. The van der Waals surface area contributed by atoms with Gasteiger partial charge in [-0.05, 0) is 25.0 Å². The largest absolute Gasteiger partial charge is 0.480 e. The third kappa shape index (κ3) is 2.39. The normalized spacial score (nSPS) is 14.2. The number of nitrogens with one attached hydrogen (secondary N) is 1. The van der Waals surface area contributed by atoms with Crippen LogP contribution < -0.4 is 5.73 Å². The molecule has 0 amide bonds. The van der Waals surface area contributed by atoms with Crippen LogP contribution in [0.25, 0.3) is 10.9 Å². The Morgan fingerprint density at radius 1 is 1.53 bits per heavy atom. The van der Waals surface area contributed by atoms with Gasteiger partial charge in [0, 0.05) is 22.5 Å². The molecule has 4 N–H and O–H groups in total. The van der Waals surface area contributed by atoms with Crippen molar-refractivity contribution >= 4 is 16.9 Å². The number of allylic oxidation sites excluding steroid dienone is 1. The van der Waals surface area contributed by atoms with Crippen molar-refractivity contribution in [2.75, 3.05) is 0 Å². The molecule has 0 fully saturated rings. The number of aromatic nitrogens is 1. The van der Waals surface area contributed by atoms with E-state index in [1.54, 1.807) is 6.08 Å². The van der Waals surface area contributed by atoms with E-state index in [4.69, 9.17) is 5.73 Å². The van der Waals surface area contributed by atoms with Gasteiger partial charge >= 0.3 is 5.97 Å². The minimum Gasteiger partial charge on any atom is -0.480 e. The molecule has 2 atom stereocenters. The molecule has 2 rings (SSSR count). The number of carbonyl (C=O) groups is 1. The molecule has 0 radical (unpaired) electrons. The Bertz CT molecular complexity index is 616. The number of nitrogens with two attached hydrogens (primary N) is 1. The topological polar surface area (TPSA) is 79.1 Å². The number of hydrogen-bond acceptors (Lipinski definition) is 2. The molecule has 100 valence electrons. The fourth-order valence-corrected chi connectivity index (χ4v) is 2.57. The van der Waals surface area contributed by atoms with E-state index >= 15 is 0 Å². The monoisotopic (exact) mass is 258 g/mol. The van der Waals surface area contributed by atoms with Crippen molar-refractivity contribution in [3.05, 3.63) is 48.2 Å². The number of aromatic amines is 1. The zero-order chi connectivity index (χ0) is 14.0. The number of benzene rings is 1. The second-order valence-corrected chi connectivity index (χ2v) is 4.70. The number of para-hydroxylation sites is 1. The lowest BCUT2D eigenvalue weighted by molar-refractivity contribution is -0.139. The molecular weight excluding hydrogens is 240 g/mol. The molecule has 1 heterocycles. The van der Waals surface area contributed by atoms with Gasteiger partial charge in [-0.15, -0.1) is 6.58 Å². The van der Waals surface area contributed by atoms with Crippen molar-refractivity contribution < 1.29 is 9.90 Å². The van der Waals surface area contributed by atoms with Gasteiger partial charge in [0.1, 0.15) is 6.04 Å². The average Bonchev–Trinajstić information content (AvgIpc) is 2.71. The van der Waals surface area contributed by atoms with Crippen molar-refractivity contribution in [2.45, 2.75) is 25.3 Å². The Morgan fingerprint density at radius 3 is 2.84 bits per heavy atom. The van der Waals surface area contributed by atoms with Crippen LogP contribution in [0.1, 0.15) is 23.6 Å². The average molecular weight is 258 g/mol. The van der Waals surface area contributed by atoms with E-state index in [1.807, 2.05) is 31.2 Å². The summed E-state index contributed by atoms with van der Waals surface area (Å²) < 4.78 is 0. The van der Waals surface area contributed by atoms with Gasteiger partial charge in [0.05, 0.1) is 0 Å². The summed E-state index contributed by atoms with van der Waals surface area (Å²) in [6, 6.07) is 6.91. The van der Waals surface area contributed by atoms with E-state index in [-0.39, 0.29) is 5.92 Å². The highest BCUT2D eigenvalue weighted by Crippen LogP contribution is 2.33. The summed E-state index contributed by atoms with van der Waals surface area (Å²) in [5.41, 5.74) is 8.78. The molecule has 0 saturated heterocycles. The van der Waals surface area contributed by atoms with Gasteiger partial charge in [-0.1, -0.05) is 24.3 Å². The molecule has 1 aromatic heterocycles. The van der Waals surface area contributed by atoms with Crippen LogP contribution in [0.3, 0.4) is 0 Å². The van der Waals surface area contributed by atoms with Crippen molar-refractivity contribution in [3.8, 4) is 0 Å². The van der Waals surface area contributed by atoms with Crippen molar-refractivity contribution in [1.29, 1.82) is 0 Å². The van der Waals surface area contributed by atoms with E-state index in [9.17, 15) is 9.90 Å². The molecule has 2 aromatic rings. The van der Waals surface area contributed by atoms with E-state index in [2.05, 4.69) is 11.6 Å². The summed E-state index contributed by atoms with van der Waals surface area (Å²) in [5.74, 6) is -1.26. The van der Waals surface area contributed by atoms with Crippen LogP contribution in [0.5, 0.6) is 0 Å². The first-order chi connectivity index (χ1) is 9.06. The number of aryl methyl sites for hydroxylation is 1. The van der Waals surface area contributed by atoms with Crippen molar-refractivity contribution in [2.24, 2.45) is 5.73 Å². The van der Waals surface area contributed by atoms with Gasteiger partial charge in [0.25, 0.3) is 0 Å². The van der Waals surface area contributed by atoms with Crippen LogP contribution in [0.2, 0.25) is 0 Å². The Hall–Kier alpha value is -2.07. The number of carboxylic acids is 1. The van der Waals surface area contributed by atoms with Crippen molar-refractivity contribution in [1.82, 2.24) is 4.98 Å². The smallest absolute Gasteiger partial charge is 0.321 e. The number of fused-ring (bicyclic) bond motifs is 1. The predicted octanol–water partition coefficient (Wildman–Crippen LogP) is 2.55. The highest BCUT2D eigenvalue weighted by molar-refractivity contribution is 5.86. The molecule has 0 spiro atoms. The quantitative estimate of drug-likeness (QED) is 0.721. The maximum absolute atomic E-state index is 11.2. The second-order valence-electron chi connectivity index (χ2n) is 4.70. The van der Waals surface area contributed by atoms with Crippen LogP contribution in [0.15, 0.2) is 36.9 Å². The Balaban J connectivity index is 2.58. The van der Waals surface area contributed by atoms with Gasteiger partial charge in [0.2, 0.25) is 0 Å². The van der Waals surface area contributed by atoms with Gasteiger partial charge in [-0.2, -0.15) is 0 Å². The summed E-state index contributed by atoms with van der Waals surface area (Å²) in [6.45, 7) is 5.65. The summed E-state index contributed by atoms with van der Waals surface area (Å²) >= 11 is 0. The fourth-order valence-electron chi connectivity index (χ4n) is 2.57. The highest BCUT2D eigenvalue weighted by atomic mass is 16.4. The van der Waals surface area contributed by atoms with E-state index in [0.29, 0.717) is 6.42 Å². The molecule has 0 aliphatic rings. The number of H-pyrrole nitrogens is 1. The van der Waals surface area contributed by atoms with Crippen molar-refractivity contribution in [3.63, 3.8) is 0 Å². The molecule has 0 saturated carbocycles. The maximum atomic E-state index is 11.2. The van der Waals surface area contributed by atoms with E-state index in [1.165, 1.54) is 0 Å². The SMILES string of the molecule is C=CC[C@@H](c1c(C)[nH]c2ccccc12)[C@H](N)C(=O)O. The number of hydrogen-bond donors (Lipinski definition) is 3. The second kappa shape index (κ2) is 5.28. The molecular formula is C15H18N2O2.